The van der Waals surface area contributed by atoms with Gasteiger partial charge in [0, 0.05) is 29.7 Å². The van der Waals surface area contributed by atoms with Crippen LogP contribution < -0.4 is 10.6 Å². The molecule has 30 heavy (non-hydrogen) atoms. The summed E-state index contributed by atoms with van der Waals surface area (Å²) in [5.41, 5.74) is 2.85. The summed E-state index contributed by atoms with van der Waals surface area (Å²) in [5, 5.41) is 7.03. The Morgan fingerprint density at radius 2 is 2.13 bits per heavy atom. The van der Waals surface area contributed by atoms with Crippen LogP contribution in [0.1, 0.15) is 34.6 Å². The van der Waals surface area contributed by atoms with E-state index in [0.717, 1.165) is 20.7 Å². The molecule has 2 atom stereocenters. The van der Waals surface area contributed by atoms with Gasteiger partial charge in [0.05, 0.1) is 21.6 Å². The van der Waals surface area contributed by atoms with Gasteiger partial charge >= 0.3 is 0 Å². The number of amides is 1. The molecule has 0 radical (unpaired) electrons. The lowest BCUT2D eigenvalue weighted by Crippen LogP contribution is -2.32. The van der Waals surface area contributed by atoms with E-state index >= 15 is 0 Å². The first-order chi connectivity index (χ1) is 14.5. The number of halogens is 1. The van der Waals surface area contributed by atoms with Crippen LogP contribution in [0.25, 0.3) is 0 Å². The fourth-order valence-corrected chi connectivity index (χ4v) is 5.52. The van der Waals surface area contributed by atoms with Gasteiger partial charge in [-0.15, -0.1) is 11.3 Å². The number of hydrogen-bond acceptors (Lipinski definition) is 4. The van der Waals surface area contributed by atoms with E-state index in [1.54, 1.807) is 17.5 Å². The van der Waals surface area contributed by atoms with Gasteiger partial charge in [-0.3, -0.25) is 9.78 Å². The average Bonchev–Trinajstić information content (AvgIpc) is 3.30. The highest BCUT2D eigenvalue weighted by molar-refractivity contribution is 9.11. The Labute approximate surface area is 193 Å². The van der Waals surface area contributed by atoms with Crippen LogP contribution in [0.4, 0.5) is 5.69 Å². The van der Waals surface area contributed by atoms with Crippen molar-refractivity contribution in [2.75, 3.05) is 11.9 Å². The molecule has 0 saturated carbocycles. The largest absolute Gasteiger partial charge is 0.352 e. The maximum absolute atomic E-state index is 12.6. The standard InChI is InChI=1S/C22H21BrN4OS2/c1-14-5-4-6-15(13-14)25-19(28)10-12-27-21(17-8-9-18(23)30-17)20(26-22(27)29)16-7-2-3-11-24-16/h2-9,11,13,20-21H,10,12H2,1H3,(H,25,28)(H,26,29)/t20-,21-/m0/s1. The summed E-state index contributed by atoms with van der Waals surface area (Å²) in [6.45, 7) is 2.53. The maximum Gasteiger partial charge on any atom is 0.226 e. The first-order valence-electron chi connectivity index (χ1n) is 9.61. The Morgan fingerprint density at radius 1 is 1.27 bits per heavy atom. The highest BCUT2D eigenvalue weighted by Crippen LogP contribution is 2.42. The van der Waals surface area contributed by atoms with E-state index in [9.17, 15) is 4.79 Å². The SMILES string of the molecule is Cc1cccc(NC(=O)CCN2C(=S)N[C@@H](c3ccccn3)[C@@H]2c2ccc(Br)s2)c1. The minimum absolute atomic E-state index is 0.0181. The summed E-state index contributed by atoms with van der Waals surface area (Å²) in [6.07, 6.45) is 2.13. The average molecular weight is 501 g/mol. The molecular formula is C22H21BrN4OS2. The number of carbonyl (C=O) groups is 1. The van der Waals surface area contributed by atoms with Crippen molar-refractivity contribution in [3.05, 3.63) is 80.7 Å². The molecule has 1 aliphatic rings. The first kappa shape index (κ1) is 21.0. The summed E-state index contributed by atoms with van der Waals surface area (Å²) < 4.78 is 1.06. The van der Waals surface area contributed by atoms with Gasteiger partial charge in [0.1, 0.15) is 0 Å². The van der Waals surface area contributed by atoms with E-state index < -0.39 is 0 Å². The van der Waals surface area contributed by atoms with Crippen molar-refractivity contribution < 1.29 is 4.79 Å². The third kappa shape index (κ3) is 4.71. The molecule has 2 N–H and O–H groups in total. The Hall–Kier alpha value is -2.29. The maximum atomic E-state index is 12.6. The molecule has 8 heteroatoms. The molecule has 1 amide bonds. The Bertz CT molecular complexity index is 1060. The van der Waals surface area contributed by atoms with Crippen LogP contribution in [0.15, 0.2) is 64.6 Å². The van der Waals surface area contributed by atoms with E-state index in [2.05, 4.69) is 42.5 Å². The van der Waals surface area contributed by atoms with Crippen molar-refractivity contribution in [3.8, 4) is 0 Å². The van der Waals surface area contributed by atoms with E-state index in [0.29, 0.717) is 18.1 Å². The molecule has 0 aliphatic carbocycles. The molecule has 2 aromatic heterocycles. The third-order valence-electron chi connectivity index (χ3n) is 4.96. The fourth-order valence-electron chi connectivity index (χ4n) is 3.61. The van der Waals surface area contributed by atoms with E-state index in [1.807, 2.05) is 55.5 Å². The summed E-state index contributed by atoms with van der Waals surface area (Å²) in [5.74, 6) is -0.0317. The van der Waals surface area contributed by atoms with Crippen LogP contribution in [0.2, 0.25) is 0 Å². The predicted molar refractivity (Wildman–Crippen MR) is 129 cm³/mol. The number of pyridine rings is 1. The fraction of sp³-hybridized carbons (Fsp3) is 0.227. The van der Waals surface area contributed by atoms with Crippen molar-refractivity contribution in [1.29, 1.82) is 0 Å². The molecule has 0 unspecified atom stereocenters. The van der Waals surface area contributed by atoms with Crippen molar-refractivity contribution in [1.82, 2.24) is 15.2 Å². The molecule has 1 saturated heterocycles. The Morgan fingerprint density at radius 3 is 2.83 bits per heavy atom. The van der Waals surface area contributed by atoms with E-state index in [-0.39, 0.29) is 18.0 Å². The van der Waals surface area contributed by atoms with Gasteiger partial charge in [0.2, 0.25) is 5.91 Å². The van der Waals surface area contributed by atoms with Gasteiger partial charge in [-0.05, 0) is 77.0 Å². The minimum atomic E-state index is -0.0657. The van der Waals surface area contributed by atoms with Crippen LogP contribution in [0, 0.1) is 6.92 Å². The quantitative estimate of drug-likeness (QED) is 0.454. The van der Waals surface area contributed by atoms with Crippen molar-refractivity contribution in [2.24, 2.45) is 0 Å². The number of rotatable bonds is 6. The number of aryl methyl sites for hydroxylation is 1. The van der Waals surface area contributed by atoms with Crippen LogP contribution in [-0.4, -0.2) is 27.4 Å². The molecule has 1 aromatic carbocycles. The zero-order valence-corrected chi connectivity index (χ0v) is 19.6. The van der Waals surface area contributed by atoms with Crippen LogP contribution in [-0.2, 0) is 4.79 Å². The molecule has 3 aromatic rings. The van der Waals surface area contributed by atoms with Gasteiger partial charge in [0.25, 0.3) is 0 Å². The van der Waals surface area contributed by atoms with Crippen LogP contribution in [0.5, 0.6) is 0 Å². The lowest BCUT2D eigenvalue weighted by atomic mass is 10.0. The number of benzene rings is 1. The molecule has 4 rings (SSSR count). The Balaban J connectivity index is 1.51. The second-order valence-corrected chi connectivity index (χ2v) is 10.0. The first-order valence-corrected chi connectivity index (χ1v) is 11.6. The highest BCUT2D eigenvalue weighted by Gasteiger charge is 2.40. The number of anilines is 1. The number of thiophene rings is 1. The topological polar surface area (TPSA) is 57.3 Å². The normalized spacial score (nSPS) is 18.3. The number of hydrogen-bond donors (Lipinski definition) is 2. The van der Waals surface area contributed by atoms with Crippen molar-refractivity contribution >= 4 is 56.2 Å². The molecule has 5 nitrogen and oxygen atoms in total. The predicted octanol–water partition coefficient (Wildman–Crippen LogP) is 5.22. The lowest BCUT2D eigenvalue weighted by molar-refractivity contribution is -0.116. The second-order valence-electron chi connectivity index (χ2n) is 7.13. The number of nitrogens with one attached hydrogen (secondary N) is 2. The number of aromatic nitrogens is 1. The Kier molecular flexibility index (Phi) is 6.46. The molecule has 3 heterocycles. The monoisotopic (exact) mass is 500 g/mol. The molecule has 0 spiro atoms. The van der Waals surface area contributed by atoms with Gasteiger partial charge in [-0.2, -0.15) is 0 Å². The molecule has 1 aliphatic heterocycles. The number of nitrogens with zero attached hydrogens (tertiary/aromatic N) is 2. The van der Waals surface area contributed by atoms with E-state index in [1.165, 1.54) is 4.88 Å². The van der Waals surface area contributed by atoms with Crippen LogP contribution in [0.3, 0.4) is 0 Å². The zero-order valence-electron chi connectivity index (χ0n) is 16.3. The molecular weight excluding hydrogens is 480 g/mol. The summed E-state index contributed by atoms with van der Waals surface area (Å²) >= 11 is 10.9. The van der Waals surface area contributed by atoms with Gasteiger partial charge in [-0.25, -0.2) is 0 Å². The number of carbonyl (C=O) groups excluding carboxylic acids is 1. The molecule has 154 valence electrons. The molecule has 1 fully saturated rings. The van der Waals surface area contributed by atoms with Crippen LogP contribution >= 0.6 is 39.5 Å². The lowest BCUT2D eigenvalue weighted by Gasteiger charge is -2.26. The van der Waals surface area contributed by atoms with Gasteiger partial charge in [0.15, 0.2) is 5.11 Å². The van der Waals surface area contributed by atoms with E-state index in [4.69, 9.17) is 12.2 Å². The van der Waals surface area contributed by atoms with Crippen molar-refractivity contribution in [2.45, 2.75) is 25.4 Å². The zero-order chi connectivity index (χ0) is 21.1. The second kappa shape index (κ2) is 9.24. The van der Waals surface area contributed by atoms with Gasteiger partial charge in [-0.1, -0.05) is 18.2 Å². The summed E-state index contributed by atoms with van der Waals surface area (Å²) in [6, 6.07) is 17.7. The number of thiocarbonyl (C=S) groups is 1. The van der Waals surface area contributed by atoms with Crippen molar-refractivity contribution in [3.63, 3.8) is 0 Å². The third-order valence-corrected chi connectivity index (χ3v) is 7.01. The smallest absolute Gasteiger partial charge is 0.226 e. The summed E-state index contributed by atoms with van der Waals surface area (Å²) in [4.78, 5) is 20.4. The summed E-state index contributed by atoms with van der Waals surface area (Å²) in [7, 11) is 0. The highest BCUT2D eigenvalue weighted by atomic mass is 79.9. The molecule has 0 bridgehead atoms. The van der Waals surface area contributed by atoms with Gasteiger partial charge < -0.3 is 15.5 Å². The minimum Gasteiger partial charge on any atom is -0.352 e.